The first-order chi connectivity index (χ1) is 12.3. The summed E-state index contributed by atoms with van der Waals surface area (Å²) in [5.74, 6) is 4.62. The van der Waals surface area contributed by atoms with Gasteiger partial charge in [0, 0.05) is 12.8 Å². The van der Waals surface area contributed by atoms with Crippen LogP contribution >= 0.6 is 0 Å². The number of benzene rings is 1. The molecule has 2 fully saturated rings. The molecule has 0 amide bonds. The van der Waals surface area contributed by atoms with Gasteiger partial charge in [-0.05, 0) is 35.7 Å². The molecule has 0 radical (unpaired) electrons. The lowest BCUT2D eigenvalue weighted by Gasteiger charge is -2.37. The average molecular weight is 369 g/mol. The Morgan fingerprint density at radius 1 is 1.08 bits per heavy atom. The van der Waals surface area contributed by atoms with Crippen LogP contribution in [0, 0.1) is 16.7 Å². The Balaban J connectivity index is 1.70. The molecule has 2 aliphatic rings. The van der Waals surface area contributed by atoms with Gasteiger partial charge in [0.05, 0.1) is 18.8 Å². The number of alkyl halides is 3. The number of hydrogen-bond donors (Lipinski definition) is 1. The summed E-state index contributed by atoms with van der Waals surface area (Å²) in [7, 11) is 0. The summed E-state index contributed by atoms with van der Waals surface area (Å²) in [5, 5.41) is 13.5. The maximum absolute atomic E-state index is 12.6. The van der Waals surface area contributed by atoms with Crippen molar-refractivity contribution in [3.8, 4) is 11.8 Å². The molecule has 1 spiro atoms. The van der Waals surface area contributed by atoms with Gasteiger partial charge in [0.1, 0.15) is 5.60 Å². The van der Waals surface area contributed by atoms with E-state index in [1.165, 1.54) is 12.1 Å². The molecule has 1 aliphatic carbocycles. The lowest BCUT2D eigenvalue weighted by Crippen LogP contribution is -2.42. The summed E-state index contributed by atoms with van der Waals surface area (Å²) >= 11 is 0. The van der Waals surface area contributed by atoms with Gasteiger partial charge in [-0.2, -0.15) is 13.2 Å². The first-order valence-corrected chi connectivity index (χ1v) is 8.28. The van der Waals surface area contributed by atoms with Crippen LogP contribution in [0.2, 0.25) is 0 Å². The zero-order valence-corrected chi connectivity index (χ0v) is 13.9. The second-order valence-corrected chi connectivity index (χ2v) is 6.54. The second kappa shape index (κ2) is 6.99. The summed E-state index contributed by atoms with van der Waals surface area (Å²) in [6.07, 6.45) is -2.85. The molecule has 1 aliphatic heterocycles. The molecule has 140 valence electrons. The molecular formula is C18H18F3NO4. The third kappa shape index (κ3) is 4.06. The van der Waals surface area contributed by atoms with E-state index in [1.807, 2.05) is 0 Å². The van der Waals surface area contributed by atoms with Crippen LogP contribution in [0.25, 0.3) is 0 Å². The number of aliphatic hydroxyl groups is 1. The van der Waals surface area contributed by atoms with Gasteiger partial charge in [-0.1, -0.05) is 24.0 Å². The SMILES string of the molecule is O=NC(C#CC1(O)CCC2(CC1)OCCO2)c1ccc(C(F)(F)F)cc1. The molecule has 0 bridgehead atoms. The van der Waals surface area contributed by atoms with E-state index in [1.54, 1.807) is 0 Å². The Morgan fingerprint density at radius 3 is 2.15 bits per heavy atom. The molecule has 5 nitrogen and oxygen atoms in total. The minimum absolute atomic E-state index is 0.249. The first-order valence-electron chi connectivity index (χ1n) is 8.28. The first kappa shape index (κ1) is 18.8. The summed E-state index contributed by atoms with van der Waals surface area (Å²) in [6, 6.07) is 2.95. The van der Waals surface area contributed by atoms with Crippen LogP contribution in [0.4, 0.5) is 13.2 Å². The maximum atomic E-state index is 12.6. The smallest absolute Gasteiger partial charge is 0.378 e. The van der Waals surface area contributed by atoms with Crippen LogP contribution < -0.4 is 0 Å². The molecule has 8 heteroatoms. The van der Waals surface area contributed by atoms with Crippen LogP contribution in [0.1, 0.15) is 42.9 Å². The standard InChI is InChI=1S/C18H18F3NO4/c19-18(20,21)14-3-1-13(2-4-14)15(22-24)5-6-16(23)7-9-17(10-8-16)25-11-12-26-17/h1-4,15,23H,7-12H2. The number of nitrogens with zero attached hydrogens (tertiary/aromatic N) is 1. The molecule has 1 N–H and O–H groups in total. The van der Waals surface area contributed by atoms with Gasteiger partial charge < -0.3 is 14.6 Å². The highest BCUT2D eigenvalue weighted by Crippen LogP contribution is 2.40. The van der Waals surface area contributed by atoms with Gasteiger partial charge in [0.25, 0.3) is 0 Å². The van der Waals surface area contributed by atoms with Crippen LogP contribution in [-0.4, -0.2) is 29.7 Å². The quantitative estimate of drug-likeness (QED) is 0.639. The van der Waals surface area contributed by atoms with E-state index < -0.39 is 29.2 Å². The van der Waals surface area contributed by atoms with Gasteiger partial charge in [0.15, 0.2) is 11.8 Å². The highest BCUT2D eigenvalue weighted by molar-refractivity contribution is 5.33. The number of ether oxygens (including phenoxy) is 2. The van der Waals surface area contributed by atoms with Crippen molar-refractivity contribution < 1.29 is 27.8 Å². The third-order valence-corrected chi connectivity index (χ3v) is 4.75. The van der Waals surface area contributed by atoms with Gasteiger partial charge in [0.2, 0.25) is 0 Å². The topological polar surface area (TPSA) is 68.1 Å². The van der Waals surface area contributed by atoms with Crippen molar-refractivity contribution in [3.05, 3.63) is 40.3 Å². The largest absolute Gasteiger partial charge is 0.416 e. The summed E-state index contributed by atoms with van der Waals surface area (Å²) < 4.78 is 49.0. The molecule has 1 saturated carbocycles. The van der Waals surface area contributed by atoms with Crippen LogP contribution in [0.5, 0.6) is 0 Å². The Hall–Kier alpha value is -1.95. The van der Waals surface area contributed by atoms with Gasteiger partial charge in [-0.15, -0.1) is 4.91 Å². The molecule has 1 aromatic rings. The summed E-state index contributed by atoms with van der Waals surface area (Å²) in [4.78, 5) is 11.1. The van der Waals surface area contributed by atoms with Crippen molar-refractivity contribution in [1.29, 1.82) is 0 Å². The minimum atomic E-state index is -4.45. The summed E-state index contributed by atoms with van der Waals surface area (Å²) in [6.45, 7) is 1.05. The highest BCUT2D eigenvalue weighted by Gasteiger charge is 2.45. The van der Waals surface area contributed by atoms with Gasteiger partial charge in [-0.3, -0.25) is 0 Å². The van der Waals surface area contributed by atoms with Gasteiger partial charge in [-0.25, -0.2) is 0 Å². The lowest BCUT2D eigenvalue weighted by molar-refractivity contribution is -0.195. The fraction of sp³-hybridized carbons (Fsp3) is 0.556. The van der Waals surface area contributed by atoms with Crippen LogP contribution in [0.3, 0.4) is 0 Å². The van der Waals surface area contributed by atoms with Gasteiger partial charge >= 0.3 is 6.18 Å². The molecule has 1 atom stereocenters. The van der Waals surface area contributed by atoms with E-state index in [0.717, 1.165) is 12.1 Å². The Morgan fingerprint density at radius 2 is 1.65 bits per heavy atom. The molecule has 26 heavy (non-hydrogen) atoms. The van der Waals surface area contributed by atoms with E-state index >= 15 is 0 Å². The molecule has 1 saturated heterocycles. The maximum Gasteiger partial charge on any atom is 0.416 e. The van der Waals surface area contributed by atoms with E-state index in [9.17, 15) is 23.2 Å². The third-order valence-electron chi connectivity index (χ3n) is 4.75. The van der Waals surface area contributed by atoms with Crippen LogP contribution in [-0.2, 0) is 15.7 Å². The zero-order valence-electron chi connectivity index (χ0n) is 13.9. The van der Waals surface area contributed by atoms with E-state index in [0.29, 0.717) is 38.9 Å². The minimum Gasteiger partial charge on any atom is -0.378 e. The van der Waals surface area contributed by atoms with E-state index in [2.05, 4.69) is 17.0 Å². The Labute approximate surface area is 148 Å². The number of nitroso groups, excluding NO2 is 1. The van der Waals surface area contributed by atoms with Crippen molar-refractivity contribution in [1.82, 2.24) is 0 Å². The molecule has 3 rings (SSSR count). The van der Waals surface area contributed by atoms with Crippen molar-refractivity contribution in [2.24, 2.45) is 5.18 Å². The van der Waals surface area contributed by atoms with Crippen LogP contribution in [0.15, 0.2) is 29.4 Å². The fourth-order valence-corrected chi connectivity index (χ4v) is 3.18. The Kier molecular flexibility index (Phi) is 5.06. The van der Waals surface area contributed by atoms with Crippen molar-refractivity contribution in [3.63, 3.8) is 0 Å². The summed E-state index contributed by atoms with van der Waals surface area (Å²) in [5.41, 5.74) is -1.86. The van der Waals surface area contributed by atoms with E-state index in [-0.39, 0.29) is 5.56 Å². The number of hydrogen-bond acceptors (Lipinski definition) is 5. The molecule has 0 aromatic heterocycles. The number of halogens is 3. The predicted octanol–water partition coefficient (Wildman–Crippen LogP) is 3.56. The predicted molar refractivity (Wildman–Crippen MR) is 85.8 cm³/mol. The Bertz CT molecular complexity index is 705. The molecule has 1 aromatic carbocycles. The fourth-order valence-electron chi connectivity index (χ4n) is 3.18. The van der Waals surface area contributed by atoms with E-state index in [4.69, 9.17) is 9.47 Å². The second-order valence-electron chi connectivity index (χ2n) is 6.54. The molecular weight excluding hydrogens is 351 g/mol. The normalized spacial score (nSPS) is 22.5. The number of rotatable bonds is 2. The molecule has 1 unspecified atom stereocenters. The highest BCUT2D eigenvalue weighted by atomic mass is 19.4. The molecule has 1 heterocycles. The average Bonchev–Trinajstić information content (AvgIpc) is 3.07. The zero-order chi connectivity index (χ0) is 18.8. The van der Waals surface area contributed by atoms with Crippen molar-refractivity contribution >= 4 is 0 Å². The monoisotopic (exact) mass is 369 g/mol. The van der Waals surface area contributed by atoms with Crippen molar-refractivity contribution in [2.75, 3.05) is 13.2 Å². The lowest BCUT2D eigenvalue weighted by atomic mass is 9.81. The van der Waals surface area contributed by atoms with Crippen molar-refractivity contribution in [2.45, 2.75) is 49.3 Å².